The molecule has 198 valence electrons. The molecule has 0 spiro atoms. The summed E-state index contributed by atoms with van der Waals surface area (Å²) in [5.74, 6) is -1.11. The fraction of sp³-hybridized carbons (Fsp3) is 0.469. The number of aryl methyl sites for hydroxylation is 1. The largest absolute Gasteiger partial charge is 0.423 e. The minimum absolute atomic E-state index is 0.00388. The number of esters is 1. The summed E-state index contributed by atoms with van der Waals surface area (Å²) in [6.07, 6.45) is 15.3. The first-order valence-electron chi connectivity index (χ1n) is 13.6. The van der Waals surface area contributed by atoms with Gasteiger partial charge >= 0.3 is 5.97 Å². The molecular formula is C32H37F3O2. The van der Waals surface area contributed by atoms with Crippen LogP contribution in [0.2, 0.25) is 0 Å². The van der Waals surface area contributed by atoms with E-state index in [4.69, 9.17) is 4.74 Å². The second kappa shape index (κ2) is 12.6. The maximum absolute atomic E-state index is 15.2. The third-order valence-electron chi connectivity index (χ3n) is 8.27. The van der Waals surface area contributed by atoms with Crippen molar-refractivity contribution in [2.24, 2.45) is 17.8 Å². The minimum Gasteiger partial charge on any atom is -0.423 e. The third kappa shape index (κ3) is 6.74. The molecule has 4 atom stereocenters. The number of ether oxygens (including phenoxy) is 1. The highest BCUT2D eigenvalue weighted by atomic mass is 19.1. The second-order valence-electron chi connectivity index (χ2n) is 10.7. The molecule has 2 aromatic carbocycles. The predicted molar refractivity (Wildman–Crippen MR) is 141 cm³/mol. The SMILES string of the molecule is C=CCCC1CCC2CC(c3c(F)cc(C(=O)Oc4ccc(CC/C=C/C)c(F)c4)cc3F)CCC2C1. The van der Waals surface area contributed by atoms with Gasteiger partial charge in [-0.1, -0.05) is 30.7 Å². The molecule has 2 aromatic rings. The molecule has 37 heavy (non-hydrogen) atoms. The van der Waals surface area contributed by atoms with Gasteiger partial charge in [-0.05, 0) is 112 Å². The number of benzene rings is 2. The lowest BCUT2D eigenvalue weighted by Crippen LogP contribution is -2.31. The maximum atomic E-state index is 15.2. The summed E-state index contributed by atoms with van der Waals surface area (Å²) < 4.78 is 49.9. The molecule has 0 aromatic heterocycles. The van der Waals surface area contributed by atoms with E-state index in [1.54, 1.807) is 6.07 Å². The maximum Gasteiger partial charge on any atom is 0.343 e. The van der Waals surface area contributed by atoms with Gasteiger partial charge in [0.05, 0.1) is 5.56 Å². The van der Waals surface area contributed by atoms with E-state index in [2.05, 4.69) is 6.58 Å². The van der Waals surface area contributed by atoms with Gasteiger partial charge in [-0.15, -0.1) is 6.58 Å². The zero-order valence-corrected chi connectivity index (χ0v) is 21.7. The van der Waals surface area contributed by atoms with Crippen LogP contribution in [0.1, 0.15) is 92.1 Å². The molecule has 0 radical (unpaired) electrons. The van der Waals surface area contributed by atoms with Crippen molar-refractivity contribution in [2.75, 3.05) is 0 Å². The molecule has 2 aliphatic rings. The summed E-state index contributed by atoms with van der Waals surface area (Å²) in [5.41, 5.74) is 0.382. The van der Waals surface area contributed by atoms with Gasteiger partial charge in [0.1, 0.15) is 23.2 Å². The molecule has 0 heterocycles. The predicted octanol–water partition coefficient (Wildman–Crippen LogP) is 9.10. The topological polar surface area (TPSA) is 26.3 Å². The van der Waals surface area contributed by atoms with Crippen molar-refractivity contribution < 1.29 is 22.7 Å². The molecule has 2 nitrogen and oxygen atoms in total. The molecule has 4 unspecified atom stereocenters. The summed E-state index contributed by atoms with van der Waals surface area (Å²) in [6, 6.07) is 6.31. The molecular weight excluding hydrogens is 473 g/mol. The van der Waals surface area contributed by atoms with Gasteiger partial charge < -0.3 is 4.74 Å². The summed E-state index contributed by atoms with van der Waals surface area (Å²) in [6.45, 7) is 5.73. The van der Waals surface area contributed by atoms with Crippen molar-refractivity contribution in [3.63, 3.8) is 0 Å². The molecule has 4 rings (SSSR count). The Bertz CT molecular complexity index is 1120. The van der Waals surface area contributed by atoms with E-state index in [0.717, 1.165) is 56.2 Å². The Balaban J connectivity index is 1.40. The van der Waals surface area contributed by atoms with Crippen molar-refractivity contribution in [1.82, 2.24) is 0 Å². The summed E-state index contributed by atoms with van der Waals surface area (Å²) in [7, 11) is 0. The van der Waals surface area contributed by atoms with Crippen LogP contribution in [0, 0.1) is 35.2 Å². The van der Waals surface area contributed by atoms with Gasteiger partial charge in [0.2, 0.25) is 0 Å². The molecule has 2 aliphatic carbocycles. The Morgan fingerprint density at radius 3 is 2.41 bits per heavy atom. The zero-order valence-electron chi connectivity index (χ0n) is 21.7. The number of carbonyl (C=O) groups excluding carboxylic acids is 1. The Labute approximate surface area is 218 Å². The lowest BCUT2D eigenvalue weighted by atomic mass is 9.63. The average Bonchev–Trinajstić information content (AvgIpc) is 2.88. The third-order valence-corrected chi connectivity index (χ3v) is 8.27. The van der Waals surface area contributed by atoms with Gasteiger partial charge in [-0.3, -0.25) is 0 Å². The van der Waals surface area contributed by atoms with Crippen molar-refractivity contribution in [3.05, 3.63) is 89.3 Å². The van der Waals surface area contributed by atoms with E-state index in [0.29, 0.717) is 30.2 Å². The van der Waals surface area contributed by atoms with Crippen molar-refractivity contribution in [1.29, 1.82) is 0 Å². The molecule has 5 heteroatoms. The van der Waals surface area contributed by atoms with Gasteiger partial charge in [-0.25, -0.2) is 18.0 Å². The minimum atomic E-state index is -0.910. The van der Waals surface area contributed by atoms with Crippen LogP contribution in [0.3, 0.4) is 0 Å². The molecule has 0 N–H and O–H groups in total. The highest BCUT2D eigenvalue weighted by Crippen LogP contribution is 2.49. The first-order valence-corrected chi connectivity index (χ1v) is 13.6. The lowest BCUT2D eigenvalue weighted by Gasteiger charge is -2.42. The Hall–Kier alpha value is -2.82. The standard InChI is InChI=1S/C32H37F3O2/c1-3-5-7-9-22-14-15-27(20-28(22)33)37-32(36)26-18-29(34)31(30(35)19-26)25-13-12-23-16-21(8-6-4-2)10-11-24(23)17-25/h3-5,14-15,18-21,23-25H,2,6-13,16-17H2,1H3/b5-3+. The number of hydrogen-bond acceptors (Lipinski definition) is 2. The second-order valence-corrected chi connectivity index (χ2v) is 10.7. The van der Waals surface area contributed by atoms with Crippen molar-refractivity contribution >= 4 is 5.97 Å². The number of carbonyl (C=O) groups is 1. The van der Waals surface area contributed by atoms with Crippen LogP contribution in [0.4, 0.5) is 13.2 Å². The molecule has 2 saturated carbocycles. The van der Waals surface area contributed by atoms with Crippen LogP contribution in [-0.4, -0.2) is 5.97 Å². The number of rotatable bonds is 9. The Kier molecular flexibility index (Phi) is 9.28. The van der Waals surface area contributed by atoms with E-state index >= 15 is 8.78 Å². The normalized spacial score (nSPS) is 23.6. The molecule has 0 bridgehead atoms. The average molecular weight is 511 g/mol. The van der Waals surface area contributed by atoms with Crippen LogP contribution in [0.5, 0.6) is 5.75 Å². The molecule has 0 saturated heterocycles. The number of allylic oxidation sites excluding steroid dienone is 3. The van der Waals surface area contributed by atoms with Gasteiger partial charge in [-0.2, -0.15) is 0 Å². The van der Waals surface area contributed by atoms with E-state index < -0.39 is 23.4 Å². The Morgan fingerprint density at radius 1 is 0.973 bits per heavy atom. The highest BCUT2D eigenvalue weighted by Gasteiger charge is 2.37. The summed E-state index contributed by atoms with van der Waals surface area (Å²) in [5, 5.41) is 0. The zero-order chi connectivity index (χ0) is 26.4. The monoisotopic (exact) mass is 510 g/mol. The van der Waals surface area contributed by atoms with Crippen LogP contribution in [-0.2, 0) is 6.42 Å². The quantitative estimate of drug-likeness (QED) is 0.191. The van der Waals surface area contributed by atoms with Crippen LogP contribution in [0.15, 0.2) is 55.1 Å². The van der Waals surface area contributed by atoms with Crippen LogP contribution < -0.4 is 4.74 Å². The lowest BCUT2D eigenvalue weighted by molar-refractivity contribution is 0.0733. The van der Waals surface area contributed by atoms with Gasteiger partial charge in [0.25, 0.3) is 0 Å². The van der Waals surface area contributed by atoms with E-state index in [9.17, 15) is 9.18 Å². The first-order chi connectivity index (χ1) is 17.9. The van der Waals surface area contributed by atoms with Gasteiger partial charge in [0, 0.05) is 11.6 Å². The number of hydrogen-bond donors (Lipinski definition) is 0. The summed E-state index contributed by atoms with van der Waals surface area (Å²) >= 11 is 0. The Morgan fingerprint density at radius 2 is 1.70 bits per heavy atom. The van der Waals surface area contributed by atoms with Crippen molar-refractivity contribution in [2.45, 2.75) is 77.0 Å². The van der Waals surface area contributed by atoms with Crippen LogP contribution >= 0.6 is 0 Å². The highest BCUT2D eigenvalue weighted by molar-refractivity contribution is 5.91. The fourth-order valence-electron chi connectivity index (χ4n) is 6.32. The number of halogens is 3. The van der Waals surface area contributed by atoms with Gasteiger partial charge in [0.15, 0.2) is 0 Å². The van der Waals surface area contributed by atoms with Crippen LogP contribution in [0.25, 0.3) is 0 Å². The molecule has 0 aliphatic heterocycles. The van der Waals surface area contributed by atoms with E-state index in [1.807, 2.05) is 25.2 Å². The first kappa shape index (κ1) is 27.2. The smallest absolute Gasteiger partial charge is 0.343 e. The summed E-state index contributed by atoms with van der Waals surface area (Å²) in [4.78, 5) is 12.6. The van der Waals surface area contributed by atoms with Crippen molar-refractivity contribution in [3.8, 4) is 5.75 Å². The molecule has 0 amide bonds. The van der Waals surface area contributed by atoms with E-state index in [1.165, 1.54) is 25.3 Å². The fourth-order valence-corrected chi connectivity index (χ4v) is 6.32. The number of fused-ring (bicyclic) bond motifs is 1. The molecule has 2 fully saturated rings. The van der Waals surface area contributed by atoms with E-state index in [-0.39, 0.29) is 22.8 Å².